The quantitative estimate of drug-likeness (QED) is 0.172. The summed E-state index contributed by atoms with van der Waals surface area (Å²) < 4.78 is 71.7. The van der Waals surface area contributed by atoms with Gasteiger partial charge < -0.3 is 0 Å². The summed E-state index contributed by atoms with van der Waals surface area (Å²) in [6.45, 7) is 0. The normalized spacial score (nSPS) is 11.1. The van der Waals surface area contributed by atoms with E-state index in [1.165, 1.54) is 6.07 Å². The van der Waals surface area contributed by atoms with E-state index in [-0.39, 0.29) is 21.1 Å². The van der Waals surface area contributed by atoms with Crippen LogP contribution in [0.5, 0.6) is 0 Å². The van der Waals surface area contributed by atoms with Crippen LogP contribution in [0.1, 0.15) is 11.1 Å². The van der Waals surface area contributed by atoms with Crippen molar-refractivity contribution >= 4 is 0 Å². The summed E-state index contributed by atoms with van der Waals surface area (Å²) in [6.07, 6.45) is -7.83. The van der Waals surface area contributed by atoms with Gasteiger partial charge in [0.05, 0.1) is 11.4 Å². The molecule has 2 heterocycles. The van der Waals surface area contributed by atoms with E-state index in [9.17, 15) is 26.3 Å². The van der Waals surface area contributed by atoms with E-state index in [1.807, 2.05) is 60.7 Å². The van der Waals surface area contributed by atoms with Crippen molar-refractivity contribution in [1.82, 2.24) is 9.97 Å². The van der Waals surface area contributed by atoms with E-state index in [2.05, 4.69) is 16.0 Å². The second-order valence-corrected chi connectivity index (χ2v) is 6.37. The van der Waals surface area contributed by atoms with E-state index in [4.69, 9.17) is 0 Å². The molecule has 0 bridgehead atoms. The van der Waals surface area contributed by atoms with Crippen LogP contribution >= 0.6 is 0 Å². The van der Waals surface area contributed by atoms with E-state index in [0.717, 1.165) is 22.6 Å². The Bertz CT molecular complexity index is 1060. The predicted molar refractivity (Wildman–Crippen MR) is 107 cm³/mol. The molecule has 0 N–H and O–H groups in total. The topological polar surface area (TPSA) is 25.8 Å². The summed E-state index contributed by atoms with van der Waals surface area (Å²) in [5.74, 6) is 0. The summed E-state index contributed by atoms with van der Waals surface area (Å²) in [5, 5.41) is 0. The van der Waals surface area contributed by atoms with Gasteiger partial charge in [0.2, 0.25) is 0 Å². The maximum atomic E-state index is 12.0. The molecule has 0 amide bonds. The molecule has 0 atom stereocenters. The van der Waals surface area contributed by atoms with Gasteiger partial charge in [-0.1, -0.05) is 29.3 Å². The molecule has 172 valence electrons. The monoisotopic (exact) mass is 639 g/mol. The molecule has 0 saturated carbocycles. The number of rotatable bonds is 2. The molecule has 2 aromatic heterocycles. The summed E-state index contributed by atoms with van der Waals surface area (Å²) >= 11 is 0. The van der Waals surface area contributed by atoms with Crippen molar-refractivity contribution in [2.75, 3.05) is 0 Å². The summed E-state index contributed by atoms with van der Waals surface area (Å²) in [4.78, 5) is 8.93. The van der Waals surface area contributed by atoms with Gasteiger partial charge in [0.1, 0.15) is 0 Å². The van der Waals surface area contributed by atoms with Crippen LogP contribution in [0, 0.1) is 12.1 Å². The maximum Gasteiger partial charge on any atom is 2.00 e. The molecule has 4 aromatic rings. The van der Waals surface area contributed by atoms with Crippen molar-refractivity contribution in [3.63, 3.8) is 0 Å². The van der Waals surface area contributed by atoms with E-state index in [1.54, 1.807) is 6.20 Å². The molecule has 0 fully saturated rings. The third-order valence-electron chi connectivity index (χ3n) is 4.07. The molecule has 0 aliphatic carbocycles. The Hall–Kier alpha value is -2.99. The molecule has 0 radical (unpaired) electrons. The van der Waals surface area contributed by atoms with Crippen LogP contribution in [-0.2, 0) is 33.4 Å². The fourth-order valence-corrected chi connectivity index (χ4v) is 2.59. The van der Waals surface area contributed by atoms with Gasteiger partial charge in [-0.3, -0.25) is 9.97 Å². The number of halogens is 6. The van der Waals surface area contributed by atoms with Crippen molar-refractivity contribution in [2.24, 2.45) is 0 Å². The van der Waals surface area contributed by atoms with Crippen LogP contribution in [0.3, 0.4) is 0 Å². The van der Waals surface area contributed by atoms with Crippen LogP contribution < -0.4 is 0 Å². The fraction of sp³-hybridized carbons (Fsp3) is 0.0833. The minimum absolute atomic E-state index is 0. The summed E-state index contributed by atoms with van der Waals surface area (Å²) in [6, 6.07) is 25.8. The number of hydrogen-bond donors (Lipinski definition) is 0. The van der Waals surface area contributed by atoms with Crippen LogP contribution in [0.2, 0.25) is 0 Å². The Morgan fingerprint density at radius 2 is 1.18 bits per heavy atom. The van der Waals surface area contributed by atoms with Gasteiger partial charge in [0.25, 0.3) is 0 Å². The van der Waals surface area contributed by atoms with Crippen molar-refractivity contribution < 1.29 is 47.4 Å². The van der Waals surface area contributed by atoms with Crippen LogP contribution in [0.4, 0.5) is 26.3 Å². The number of benzene rings is 2. The number of pyridine rings is 2. The zero-order valence-electron chi connectivity index (χ0n) is 16.6. The van der Waals surface area contributed by atoms with Gasteiger partial charge in [-0.25, -0.2) is 0 Å². The Balaban J connectivity index is 0.000000235. The predicted octanol–water partition coefficient (Wildman–Crippen LogP) is 7.13. The second kappa shape index (κ2) is 11.2. The molecule has 0 aliphatic rings. The molecule has 0 saturated heterocycles. The third kappa shape index (κ3) is 7.53. The first-order valence-corrected chi connectivity index (χ1v) is 9.17. The number of nitrogens with zero attached hydrogens (tertiary/aromatic N) is 2. The first-order chi connectivity index (χ1) is 15.1. The molecule has 9 heteroatoms. The van der Waals surface area contributed by atoms with Gasteiger partial charge in [-0.2, -0.15) is 50.6 Å². The minimum atomic E-state index is -4.80. The fourth-order valence-electron chi connectivity index (χ4n) is 2.59. The Morgan fingerprint density at radius 3 is 1.73 bits per heavy atom. The van der Waals surface area contributed by atoms with Crippen molar-refractivity contribution in [2.45, 2.75) is 12.4 Å². The first-order valence-electron chi connectivity index (χ1n) is 9.17. The SMILES string of the molecule is FC(F)(F)c1[c-]c(C(F)(F)F)ccc1.[Pt+2].[c-]1ccccc1-c1cccc(-c2ccccn2)n1. The van der Waals surface area contributed by atoms with Crippen LogP contribution in [0.15, 0.2) is 85.1 Å². The molecule has 33 heavy (non-hydrogen) atoms. The third-order valence-corrected chi connectivity index (χ3v) is 4.07. The molecule has 0 spiro atoms. The molecule has 0 aliphatic heterocycles. The average Bonchev–Trinajstić information content (AvgIpc) is 2.80. The average molecular weight is 639 g/mol. The smallest absolute Gasteiger partial charge is 0.295 e. The van der Waals surface area contributed by atoms with Crippen LogP contribution in [0.25, 0.3) is 22.6 Å². The maximum absolute atomic E-state index is 12.0. The van der Waals surface area contributed by atoms with Gasteiger partial charge >= 0.3 is 33.4 Å². The van der Waals surface area contributed by atoms with E-state index >= 15 is 0 Å². The first kappa shape index (κ1) is 26.3. The van der Waals surface area contributed by atoms with Gasteiger partial charge in [0.15, 0.2) is 0 Å². The number of alkyl halides is 6. The van der Waals surface area contributed by atoms with Gasteiger partial charge in [-0.15, -0.1) is 35.9 Å². The van der Waals surface area contributed by atoms with Crippen molar-refractivity contribution in [3.05, 3.63) is 108 Å². The Kier molecular flexibility index (Phi) is 8.94. The summed E-state index contributed by atoms with van der Waals surface area (Å²) in [5.41, 5.74) is 0.828. The van der Waals surface area contributed by atoms with E-state index in [0.29, 0.717) is 18.2 Å². The zero-order chi connectivity index (χ0) is 23.2. The molecular weight excluding hydrogens is 625 g/mol. The van der Waals surface area contributed by atoms with Crippen molar-refractivity contribution in [3.8, 4) is 22.6 Å². The second-order valence-electron chi connectivity index (χ2n) is 6.37. The molecule has 2 nitrogen and oxygen atoms in total. The van der Waals surface area contributed by atoms with Crippen molar-refractivity contribution in [1.29, 1.82) is 0 Å². The largest absolute Gasteiger partial charge is 2.00 e. The Morgan fingerprint density at radius 1 is 0.606 bits per heavy atom. The number of aromatic nitrogens is 2. The van der Waals surface area contributed by atoms with E-state index < -0.39 is 23.5 Å². The molecule has 4 rings (SSSR count). The Labute approximate surface area is 200 Å². The molecule has 0 unspecified atom stereocenters. The molecule has 2 aromatic carbocycles. The van der Waals surface area contributed by atoms with Crippen LogP contribution in [-0.4, -0.2) is 9.97 Å². The minimum Gasteiger partial charge on any atom is -0.295 e. The summed E-state index contributed by atoms with van der Waals surface area (Å²) in [7, 11) is 0. The molecular formula is C24H14F6N2Pt. The van der Waals surface area contributed by atoms with Gasteiger partial charge in [0, 0.05) is 6.20 Å². The number of hydrogen-bond acceptors (Lipinski definition) is 2. The zero-order valence-corrected chi connectivity index (χ0v) is 18.8. The standard InChI is InChI=1S/C16H11N2.C8H3F6.Pt/c1-2-7-13(8-3-1)14-10-6-11-16(18-14)15-9-4-5-12-17-15;9-7(10,11)5-2-1-3-6(4-5)8(12,13)14;/h1-7,9-12H;1-3H;/q2*-1;+2. The van der Waals surface area contributed by atoms with Gasteiger partial charge in [-0.05, 0) is 23.9 Å².